The quantitative estimate of drug-likeness (QED) is 0.765. The lowest BCUT2D eigenvalue weighted by Gasteiger charge is -2.20. The molecule has 2 heterocycles. The number of piperidine rings is 1. The third-order valence-corrected chi connectivity index (χ3v) is 3.36. The van der Waals surface area contributed by atoms with Gasteiger partial charge in [0, 0.05) is 20.1 Å². The van der Waals surface area contributed by atoms with Gasteiger partial charge in [-0.1, -0.05) is 0 Å². The van der Waals surface area contributed by atoms with Crippen LogP contribution in [0.5, 0.6) is 0 Å². The number of hydrogen-bond acceptors (Lipinski definition) is 3. The Morgan fingerprint density at radius 2 is 2.14 bits per heavy atom. The molecular formula is C11H15N3. The van der Waals surface area contributed by atoms with Gasteiger partial charge in [0.15, 0.2) is 0 Å². The first-order valence-corrected chi connectivity index (χ1v) is 5.24. The highest BCUT2D eigenvalue weighted by atomic mass is 15.2. The van der Waals surface area contributed by atoms with Gasteiger partial charge in [0.1, 0.15) is 0 Å². The molecule has 0 bridgehead atoms. The fraction of sp³-hybridized carbons (Fsp3) is 0.545. The SMILES string of the molecule is CNc1cncc(N2CC3CC3C2)c1. The molecule has 3 heteroatoms. The summed E-state index contributed by atoms with van der Waals surface area (Å²) in [5.74, 6) is 1.96. The Kier molecular flexibility index (Phi) is 1.66. The average Bonchev–Trinajstić information content (AvgIpc) is 2.86. The summed E-state index contributed by atoms with van der Waals surface area (Å²) in [7, 11) is 1.93. The summed E-state index contributed by atoms with van der Waals surface area (Å²) in [6.07, 6.45) is 5.28. The van der Waals surface area contributed by atoms with Gasteiger partial charge in [0.2, 0.25) is 0 Å². The van der Waals surface area contributed by atoms with E-state index in [-0.39, 0.29) is 0 Å². The van der Waals surface area contributed by atoms with E-state index in [2.05, 4.69) is 21.3 Å². The highest BCUT2D eigenvalue weighted by Crippen LogP contribution is 2.46. The van der Waals surface area contributed by atoms with Gasteiger partial charge in [-0.15, -0.1) is 0 Å². The van der Waals surface area contributed by atoms with Crippen LogP contribution in [0.1, 0.15) is 6.42 Å². The van der Waals surface area contributed by atoms with Crippen molar-refractivity contribution in [2.24, 2.45) is 11.8 Å². The largest absolute Gasteiger partial charge is 0.387 e. The molecule has 3 rings (SSSR count). The van der Waals surface area contributed by atoms with Crippen LogP contribution in [-0.2, 0) is 0 Å². The number of nitrogens with zero attached hydrogens (tertiary/aromatic N) is 2. The van der Waals surface area contributed by atoms with E-state index in [1.807, 2.05) is 19.4 Å². The van der Waals surface area contributed by atoms with Crippen LogP contribution in [0.25, 0.3) is 0 Å². The second kappa shape index (κ2) is 2.87. The fourth-order valence-electron chi connectivity index (χ4n) is 2.35. The molecule has 2 atom stereocenters. The molecule has 3 nitrogen and oxygen atoms in total. The van der Waals surface area contributed by atoms with Crippen molar-refractivity contribution in [3.8, 4) is 0 Å². The number of rotatable bonds is 2. The number of fused-ring (bicyclic) bond motifs is 1. The van der Waals surface area contributed by atoms with Crippen LogP contribution in [0.15, 0.2) is 18.5 Å². The zero-order chi connectivity index (χ0) is 9.54. The molecule has 2 unspecified atom stereocenters. The Balaban J connectivity index is 1.81. The molecule has 1 aromatic rings. The molecule has 1 aliphatic carbocycles. The molecule has 0 aromatic carbocycles. The molecule has 1 N–H and O–H groups in total. The minimum atomic E-state index is 0.980. The molecule has 0 radical (unpaired) electrons. The Hall–Kier alpha value is -1.25. The Morgan fingerprint density at radius 3 is 2.86 bits per heavy atom. The molecular weight excluding hydrogens is 174 g/mol. The Labute approximate surface area is 84.1 Å². The van der Waals surface area contributed by atoms with Crippen molar-refractivity contribution in [1.82, 2.24) is 4.98 Å². The van der Waals surface area contributed by atoms with Gasteiger partial charge in [-0.05, 0) is 24.3 Å². The number of nitrogens with one attached hydrogen (secondary N) is 1. The predicted molar refractivity (Wildman–Crippen MR) is 57.6 cm³/mol. The normalized spacial score (nSPS) is 28.8. The summed E-state index contributed by atoms with van der Waals surface area (Å²) in [6.45, 7) is 2.47. The van der Waals surface area contributed by atoms with Crippen LogP contribution in [0, 0.1) is 11.8 Å². The maximum absolute atomic E-state index is 4.24. The maximum atomic E-state index is 4.24. The van der Waals surface area contributed by atoms with Gasteiger partial charge in [-0.25, -0.2) is 0 Å². The molecule has 0 amide bonds. The van der Waals surface area contributed by atoms with E-state index >= 15 is 0 Å². The van der Waals surface area contributed by atoms with Crippen molar-refractivity contribution in [1.29, 1.82) is 0 Å². The molecule has 1 saturated heterocycles. The van der Waals surface area contributed by atoms with Crippen LogP contribution in [0.4, 0.5) is 11.4 Å². The topological polar surface area (TPSA) is 28.2 Å². The number of anilines is 2. The monoisotopic (exact) mass is 189 g/mol. The first-order chi connectivity index (χ1) is 6.86. The number of hydrogen-bond donors (Lipinski definition) is 1. The van der Waals surface area contributed by atoms with Gasteiger partial charge in [0.25, 0.3) is 0 Å². The van der Waals surface area contributed by atoms with Gasteiger partial charge >= 0.3 is 0 Å². The third-order valence-electron chi connectivity index (χ3n) is 3.36. The third kappa shape index (κ3) is 1.24. The predicted octanol–water partition coefficient (Wildman–Crippen LogP) is 1.58. The van der Waals surface area contributed by atoms with Gasteiger partial charge in [-0.2, -0.15) is 0 Å². The molecule has 1 aliphatic heterocycles. The van der Waals surface area contributed by atoms with E-state index in [9.17, 15) is 0 Å². The van der Waals surface area contributed by atoms with Crippen molar-refractivity contribution in [2.45, 2.75) is 6.42 Å². The Morgan fingerprint density at radius 1 is 1.36 bits per heavy atom. The second-order valence-corrected chi connectivity index (χ2v) is 4.34. The van der Waals surface area contributed by atoms with Crippen molar-refractivity contribution in [3.05, 3.63) is 18.5 Å². The minimum Gasteiger partial charge on any atom is -0.387 e. The molecule has 2 fully saturated rings. The van der Waals surface area contributed by atoms with Crippen molar-refractivity contribution >= 4 is 11.4 Å². The lowest BCUT2D eigenvalue weighted by molar-refractivity contribution is 0.817. The van der Waals surface area contributed by atoms with E-state index in [0.29, 0.717) is 0 Å². The van der Waals surface area contributed by atoms with Gasteiger partial charge in [0.05, 0.1) is 23.8 Å². The Bertz CT molecular complexity index is 340. The lowest BCUT2D eigenvalue weighted by atomic mass is 10.3. The van der Waals surface area contributed by atoms with Crippen LogP contribution < -0.4 is 10.2 Å². The van der Waals surface area contributed by atoms with E-state index in [0.717, 1.165) is 17.5 Å². The summed E-state index contributed by atoms with van der Waals surface area (Å²) < 4.78 is 0. The summed E-state index contributed by atoms with van der Waals surface area (Å²) >= 11 is 0. The smallest absolute Gasteiger partial charge is 0.0573 e. The first-order valence-electron chi connectivity index (χ1n) is 5.24. The zero-order valence-corrected chi connectivity index (χ0v) is 8.40. The molecule has 1 aromatic heterocycles. The second-order valence-electron chi connectivity index (χ2n) is 4.34. The van der Waals surface area contributed by atoms with Gasteiger partial charge < -0.3 is 10.2 Å². The zero-order valence-electron chi connectivity index (χ0n) is 8.40. The molecule has 2 aliphatic rings. The standard InChI is InChI=1S/C11H15N3/c1-12-10-3-11(5-13-4-10)14-6-8-2-9(8)7-14/h3-5,8-9,12H,2,6-7H2,1H3. The van der Waals surface area contributed by atoms with Crippen LogP contribution >= 0.6 is 0 Å². The molecule has 74 valence electrons. The number of aromatic nitrogens is 1. The first kappa shape index (κ1) is 8.09. The molecule has 1 saturated carbocycles. The lowest BCUT2D eigenvalue weighted by Crippen LogP contribution is -2.21. The highest BCUT2D eigenvalue weighted by Gasteiger charge is 2.45. The van der Waals surface area contributed by atoms with E-state index in [4.69, 9.17) is 0 Å². The minimum absolute atomic E-state index is 0.980. The van der Waals surface area contributed by atoms with Crippen molar-refractivity contribution < 1.29 is 0 Å². The average molecular weight is 189 g/mol. The van der Waals surface area contributed by atoms with Crippen LogP contribution in [0.2, 0.25) is 0 Å². The fourth-order valence-corrected chi connectivity index (χ4v) is 2.35. The number of pyridine rings is 1. The van der Waals surface area contributed by atoms with Crippen molar-refractivity contribution in [3.63, 3.8) is 0 Å². The van der Waals surface area contributed by atoms with Crippen LogP contribution in [-0.4, -0.2) is 25.1 Å². The van der Waals surface area contributed by atoms with Crippen LogP contribution in [0.3, 0.4) is 0 Å². The highest BCUT2D eigenvalue weighted by molar-refractivity contribution is 5.56. The summed E-state index contributed by atoms with van der Waals surface area (Å²) in [5, 5.41) is 3.12. The summed E-state index contributed by atoms with van der Waals surface area (Å²) in [5.41, 5.74) is 2.37. The summed E-state index contributed by atoms with van der Waals surface area (Å²) in [4.78, 5) is 6.69. The van der Waals surface area contributed by atoms with E-state index < -0.39 is 0 Å². The van der Waals surface area contributed by atoms with E-state index in [1.54, 1.807) is 0 Å². The maximum Gasteiger partial charge on any atom is 0.0573 e. The molecule has 0 spiro atoms. The molecule has 14 heavy (non-hydrogen) atoms. The summed E-state index contributed by atoms with van der Waals surface area (Å²) in [6, 6.07) is 2.18. The van der Waals surface area contributed by atoms with E-state index in [1.165, 1.54) is 25.2 Å². The van der Waals surface area contributed by atoms with Crippen molar-refractivity contribution in [2.75, 3.05) is 30.4 Å². The van der Waals surface area contributed by atoms with Gasteiger partial charge in [-0.3, -0.25) is 4.98 Å².